The fourth-order valence-corrected chi connectivity index (χ4v) is 6.32. The Balaban J connectivity index is 1.06. The van der Waals surface area contributed by atoms with E-state index >= 15 is 0 Å². The molecule has 7 rings (SSSR count). The van der Waals surface area contributed by atoms with Gasteiger partial charge in [-0.2, -0.15) is 0 Å². The number of ether oxygens (including phenoxy) is 2. The van der Waals surface area contributed by atoms with Crippen LogP contribution in [0, 0.1) is 0 Å². The van der Waals surface area contributed by atoms with Crippen molar-refractivity contribution >= 4 is 23.3 Å². The summed E-state index contributed by atoms with van der Waals surface area (Å²) in [5, 5.41) is 12.0. The number of benzene rings is 1. The van der Waals surface area contributed by atoms with E-state index in [9.17, 15) is 22.8 Å². The molecule has 0 unspecified atom stereocenters. The van der Waals surface area contributed by atoms with Crippen LogP contribution in [0.1, 0.15) is 85.8 Å². The van der Waals surface area contributed by atoms with Gasteiger partial charge in [0.05, 0.1) is 18.1 Å². The summed E-state index contributed by atoms with van der Waals surface area (Å²) in [6, 6.07) is 4.78. The zero-order valence-electron chi connectivity index (χ0n) is 19.8. The Morgan fingerprint density at radius 3 is 2.49 bits per heavy atom. The Bertz CT molecular complexity index is 1220. The van der Waals surface area contributed by atoms with Gasteiger partial charge in [0.1, 0.15) is 5.75 Å². The smallest absolute Gasteiger partial charge is 0.479 e. The summed E-state index contributed by atoms with van der Waals surface area (Å²) >= 11 is 5.98. The number of alkyl halides is 3. The maximum atomic E-state index is 13.1. The molecule has 12 heteroatoms. The van der Waals surface area contributed by atoms with Gasteiger partial charge in [0.15, 0.2) is 11.9 Å². The summed E-state index contributed by atoms with van der Waals surface area (Å²) in [5.41, 5.74) is -0.289. The third-order valence-electron chi connectivity index (χ3n) is 8.45. The lowest BCUT2D eigenvalue weighted by Gasteiger charge is -2.52. The Kier molecular flexibility index (Phi) is 5.79. The van der Waals surface area contributed by atoms with Crippen LogP contribution >= 0.6 is 11.6 Å². The van der Waals surface area contributed by atoms with Crippen LogP contribution in [0.4, 0.5) is 13.2 Å². The number of carbonyl (C=O) groups is 2. The van der Waals surface area contributed by atoms with Crippen LogP contribution in [0.2, 0.25) is 5.02 Å². The van der Waals surface area contributed by atoms with Gasteiger partial charge in [0.2, 0.25) is 11.8 Å². The molecule has 1 aliphatic heterocycles. The van der Waals surface area contributed by atoms with Crippen LogP contribution in [0.25, 0.3) is 0 Å². The van der Waals surface area contributed by atoms with Gasteiger partial charge in [-0.1, -0.05) is 11.6 Å². The molecule has 198 valence electrons. The molecule has 0 spiro atoms. The quantitative estimate of drug-likeness (QED) is 0.570. The number of aromatic nitrogens is 2. The molecule has 1 N–H and O–H groups in total. The molecule has 4 fully saturated rings. The van der Waals surface area contributed by atoms with E-state index in [1.54, 1.807) is 18.2 Å². The second-order valence-corrected chi connectivity index (χ2v) is 11.2. The summed E-state index contributed by atoms with van der Waals surface area (Å²) in [6.45, 7) is 0. The first-order valence-electron chi connectivity index (χ1n) is 12.4. The Morgan fingerprint density at radius 1 is 1.11 bits per heavy atom. The Hall–Kier alpha value is -2.66. The van der Waals surface area contributed by atoms with E-state index in [1.165, 1.54) is 0 Å². The fraction of sp³-hybridized carbons (Fsp3) is 0.600. The third kappa shape index (κ3) is 4.60. The lowest BCUT2D eigenvalue weighted by molar-refractivity contribution is -0.352. The number of nitrogens with zero attached hydrogens (tertiary/aromatic N) is 2. The van der Waals surface area contributed by atoms with Crippen molar-refractivity contribution < 1.29 is 36.7 Å². The molecule has 4 saturated carbocycles. The molecular formula is C25H25ClF3N3O5. The number of amides is 1. The minimum absolute atomic E-state index is 0.0417. The van der Waals surface area contributed by atoms with Crippen LogP contribution < -0.4 is 10.1 Å². The topological polar surface area (TPSA) is 104 Å². The molecule has 37 heavy (non-hydrogen) atoms. The van der Waals surface area contributed by atoms with E-state index in [-0.39, 0.29) is 47.8 Å². The van der Waals surface area contributed by atoms with Crippen LogP contribution in [-0.2, 0) is 14.9 Å². The van der Waals surface area contributed by atoms with Crippen molar-refractivity contribution in [3.8, 4) is 5.75 Å². The first-order chi connectivity index (χ1) is 17.5. The molecule has 1 amide bonds. The number of carbonyl (C=O) groups excluding carboxylic acids is 2. The Morgan fingerprint density at radius 2 is 1.81 bits per heavy atom. The van der Waals surface area contributed by atoms with Crippen molar-refractivity contribution in [3.63, 3.8) is 0 Å². The lowest BCUT2D eigenvalue weighted by Crippen LogP contribution is -2.60. The fourth-order valence-electron chi connectivity index (χ4n) is 6.14. The van der Waals surface area contributed by atoms with Crippen LogP contribution in [0.3, 0.4) is 0 Å². The molecule has 1 aromatic heterocycles. The van der Waals surface area contributed by atoms with Crippen LogP contribution in [0.15, 0.2) is 22.6 Å². The normalized spacial score (nSPS) is 32.9. The average Bonchev–Trinajstić information content (AvgIpc) is 3.32. The molecule has 4 aliphatic carbocycles. The van der Waals surface area contributed by atoms with Gasteiger partial charge in [-0.15, -0.1) is 23.4 Å². The van der Waals surface area contributed by atoms with Crippen molar-refractivity contribution in [2.75, 3.05) is 0 Å². The van der Waals surface area contributed by atoms with Gasteiger partial charge in [-0.05, 0) is 69.6 Å². The van der Waals surface area contributed by atoms with E-state index in [4.69, 9.17) is 20.8 Å². The van der Waals surface area contributed by atoms with Crippen molar-refractivity contribution in [2.45, 2.75) is 93.2 Å². The van der Waals surface area contributed by atoms with Gasteiger partial charge in [0, 0.05) is 21.9 Å². The van der Waals surface area contributed by atoms with Gasteiger partial charge >= 0.3 is 6.36 Å². The summed E-state index contributed by atoms with van der Waals surface area (Å²) in [7, 11) is 0. The van der Waals surface area contributed by atoms with E-state index in [1.807, 2.05) is 0 Å². The van der Waals surface area contributed by atoms with E-state index in [0.29, 0.717) is 47.4 Å². The second-order valence-electron chi connectivity index (χ2n) is 10.7. The summed E-state index contributed by atoms with van der Waals surface area (Å²) in [6.07, 6.45) is -1.67. The van der Waals surface area contributed by atoms with Crippen molar-refractivity contribution in [1.29, 1.82) is 0 Å². The molecule has 0 saturated heterocycles. The molecule has 1 aromatic carbocycles. The molecule has 2 bridgehead atoms. The number of hydrogen-bond acceptors (Lipinski definition) is 7. The van der Waals surface area contributed by atoms with Gasteiger partial charge in [-0.25, -0.2) is 0 Å². The predicted molar refractivity (Wildman–Crippen MR) is 122 cm³/mol. The van der Waals surface area contributed by atoms with Crippen molar-refractivity contribution in [1.82, 2.24) is 15.5 Å². The summed E-state index contributed by atoms with van der Waals surface area (Å²) in [5.74, 6) is 0.544. The number of nitrogens with one attached hydrogen (secondary N) is 1. The molecule has 1 atom stereocenters. The van der Waals surface area contributed by atoms with E-state index < -0.39 is 18.6 Å². The average molecular weight is 540 g/mol. The summed E-state index contributed by atoms with van der Waals surface area (Å²) in [4.78, 5) is 25.7. The SMILES string of the molecule is O=C1C[C@@H](C(=O)NC23CCC(c4nnc([C@H]5C[C@@H](OC(F)(F)F)C5)o4)(CC2)CC3)Oc2ccc(Cl)cc21. The minimum Gasteiger partial charge on any atom is -0.479 e. The van der Waals surface area contributed by atoms with E-state index in [2.05, 4.69) is 20.3 Å². The first-order valence-corrected chi connectivity index (χ1v) is 12.8. The Labute approximate surface area is 215 Å². The molecule has 0 radical (unpaired) electrons. The third-order valence-corrected chi connectivity index (χ3v) is 8.68. The monoisotopic (exact) mass is 539 g/mol. The highest BCUT2D eigenvalue weighted by Gasteiger charge is 2.53. The number of ketones is 1. The molecule has 5 aliphatic rings. The highest BCUT2D eigenvalue weighted by atomic mass is 35.5. The van der Waals surface area contributed by atoms with Gasteiger partial charge < -0.3 is 14.5 Å². The van der Waals surface area contributed by atoms with Crippen molar-refractivity contribution in [3.05, 3.63) is 40.6 Å². The van der Waals surface area contributed by atoms with Gasteiger partial charge in [-0.3, -0.25) is 14.3 Å². The first kappa shape index (κ1) is 24.7. The highest BCUT2D eigenvalue weighted by molar-refractivity contribution is 6.31. The number of halogens is 4. The molecule has 2 heterocycles. The standard InChI is InChI=1S/C25H25ClF3N3O5/c26-14-1-2-18-16(11-14)17(33)12-19(35-18)20(34)30-24-6-3-23(4-7-24,5-8-24)22-32-31-21(36-22)13-9-15(10-13)37-25(27,28)29/h1-2,11,13,15,19H,3-10,12H2,(H,30,34)/t13-,15+,19-,23?,24?/m0/s1. The lowest BCUT2D eigenvalue weighted by atomic mass is 9.57. The minimum atomic E-state index is -4.64. The summed E-state index contributed by atoms with van der Waals surface area (Å²) < 4.78 is 53.0. The zero-order valence-corrected chi connectivity index (χ0v) is 20.5. The zero-order chi connectivity index (χ0) is 26.0. The number of fused-ring (bicyclic) bond motifs is 4. The maximum Gasteiger partial charge on any atom is 0.522 e. The highest BCUT2D eigenvalue weighted by Crippen LogP contribution is 2.54. The number of hydrogen-bond donors (Lipinski definition) is 1. The second kappa shape index (κ2) is 8.69. The largest absolute Gasteiger partial charge is 0.522 e. The number of Topliss-reactive ketones (excluding diaryl/α,β-unsaturated/α-hetero) is 1. The van der Waals surface area contributed by atoms with Gasteiger partial charge in [0.25, 0.3) is 5.91 Å². The molecule has 8 nitrogen and oxygen atoms in total. The molecular weight excluding hydrogens is 515 g/mol. The predicted octanol–water partition coefficient (Wildman–Crippen LogP) is 5.00. The maximum absolute atomic E-state index is 13.1. The van der Waals surface area contributed by atoms with Crippen LogP contribution in [-0.4, -0.2) is 46.0 Å². The molecule has 2 aromatic rings. The van der Waals surface area contributed by atoms with E-state index in [0.717, 1.165) is 19.3 Å². The number of rotatable bonds is 5. The van der Waals surface area contributed by atoms with Crippen LogP contribution in [0.5, 0.6) is 5.75 Å². The van der Waals surface area contributed by atoms with Crippen molar-refractivity contribution in [2.24, 2.45) is 0 Å².